The molecule has 9 heteroatoms. The number of carboxylic acids is 1. The number of rotatable bonds is 3. The van der Waals surface area contributed by atoms with E-state index in [-0.39, 0.29) is 17.0 Å². The van der Waals surface area contributed by atoms with E-state index in [9.17, 15) is 14.7 Å². The maximum atomic E-state index is 11.8. The van der Waals surface area contributed by atoms with Gasteiger partial charge in [-0.3, -0.25) is 9.69 Å². The first-order valence-corrected chi connectivity index (χ1v) is 8.25. The molecule has 1 aromatic heterocycles. The van der Waals surface area contributed by atoms with Gasteiger partial charge in [0.1, 0.15) is 22.3 Å². The molecule has 0 spiro atoms. The molecule has 1 unspecified atom stereocenters. The van der Waals surface area contributed by atoms with Crippen molar-refractivity contribution < 1.29 is 14.7 Å². The van der Waals surface area contributed by atoms with Gasteiger partial charge in [0.15, 0.2) is 0 Å². The van der Waals surface area contributed by atoms with E-state index in [4.69, 9.17) is 17.3 Å². The lowest BCUT2D eigenvalue weighted by Gasteiger charge is -2.47. The van der Waals surface area contributed by atoms with E-state index in [1.54, 1.807) is 17.7 Å². The van der Waals surface area contributed by atoms with Crippen LogP contribution in [-0.4, -0.2) is 44.0 Å². The van der Waals surface area contributed by atoms with E-state index in [1.807, 2.05) is 0 Å². The van der Waals surface area contributed by atoms with E-state index in [1.165, 1.54) is 28.0 Å². The Balaban J connectivity index is 1.95. The smallest absolute Gasteiger partial charge is 0.352 e. The molecule has 1 saturated heterocycles. The Kier molecular flexibility index (Phi) is 3.78. The van der Waals surface area contributed by atoms with Crippen LogP contribution in [-0.2, 0) is 9.59 Å². The third kappa shape index (κ3) is 2.38. The number of aliphatic carboxylic acids is 1. The number of nitrogens with two attached hydrogens (primary N) is 1. The number of fused-ring (bicyclic) bond motifs is 1. The van der Waals surface area contributed by atoms with Crippen molar-refractivity contribution in [3.05, 3.63) is 32.9 Å². The zero-order valence-electron chi connectivity index (χ0n) is 10.5. The average Bonchev–Trinajstić information content (AvgIpc) is 2.88. The van der Waals surface area contributed by atoms with E-state index in [0.717, 1.165) is 4.88 Å². The summed E-state index contributed by atoms with van der Waals surface area (Å²) in [6, 6.07) is -0.620. The number of carbonyl (C=O) groups is 2. The number of β-lactam (4-membered cyclic amide) rings is 1. The van der Waals surface area contributed by atoms with Gasteiger partial charge in [0, 0.05) is 5.75 Å². The number of carboxylic acid groups (broad SMARTS) is 1. The fourth-order valence-electron chi connectivity index (χ4n) is 2.19. The van der Waals surface area contributed by atoms with Crippen molar-refractivity contribution in [1.82, 2.24) is 9.88 Å². The van der Waals surface area contributed by atoms with Crippen LogP contribution in [0.3, 0.4) is 0 Å². The van der Waals surface area contributed by atoms with Crippen LogP contribution in [0.2, 0.25) is 5.15 Å². The summed E-state index contributed by atoms with van der Waals surface area (Å²) < 4.78 is 0. The molecule has 2 atom stereocenters. The number of thiazole rings is 1. The van der Waals surface area contributed by atoms with Crippen LogP contribution >= 0.6 is 34.7 Å². The minimum atomic E-state index is -1.13. The van der Waals surface area contributed by atoms with Crippen LogP contribution < -0.4 is 5.73 Å². The SMILES string of the molecule is NC1C(=O)N2C(C(=O)O)=C(C=Cc3scnc3Cl)CS[C@@H]12. The largest absolute Gasteiger partial charge is 0.477 e. The molecule has 1 fully saturated rings. The van der Waals surface area contributed by atoms with E-state index in [0.29, 0.717) is 16.5 Å². The lowest BCUT2D eigenvalue weighted by Crippen LogP contribution is -2.68. The number of halogens is 1. The van der Waals surface area contributed by atoms with Crippen LogP contribution in [0.1, 0.15) is 4.88 Å². The third-order valence-corrected chi connectivity index (χ3v) is 5.76. The van der Waals surface area contributed by atoms with Gasteiger partial charge in [-0.05, 0) is 11.6 Å². The summed E-state index contributed by atoms with van der Waals surface area (Å²) in [6.45, 7) is 0. The average molecular weight is 344 g/mol. The second-order valence-corrected chi connectivity index (χ2v) is 6.80. The van der Waals surface area contributed by atoms with E-state index >= 15 is 0 Å². The fraction of sp³-hybridized carbons (Fsp3) is 0.250. The molecule has 1 amide bonds. The highest BCUT2D eigenvalue weighted by Crippen LogP contribution is 2.40. The second kappa shape index (κ2) is 5.45. The molecule has 1 aromatic rings. The molecule has 0 aromatic carbocycles. The van der Waals surface area contributed by atoms with Gasteiger partial charge in [-0.2, -0.15) is 0 Å². The monoisotopic (exact) mass is 343 g/mol. The summed E-state index contributed by atoms with van der Waals surface area (Å²) >= 11 is 8.71. The summed E-state index contributed by atoms with van der Waals surface area (Å²) in [7, 11) is 0. The molecule has 2 aliphatic rings. The highest BCUT2D eigenvalue weighted by Gasteiger charge is 2.51. The highest BCUT2D eigenvalue weighted by molar-refractivity contribution is 8.00. The maximum absolute atomic E-state index is 11.8. The fourth-order valence-corrected chi connectivity index (χ4v) is 4.33. The van der Waals surface area contributed by atoms with Gasteiger partial charge >= 0.3 is 5.97 Å². The number of amides is 1. The van der Waals surface area contributed by atoms with E-state index < -0.39 is 12.0 Å². The van der Waals surface area contributed by atoms with Crippen molar-refractivity contribution in [3.8, 4) is 0 Å². The zero-order chi connectivity index (χ0) is 15.1. The van der Waals surface area contributed by atoms with Gasteiger partial charge in [-0.1, -0.05) is 17.7 Å². The normalized spacial score (nSPS) is 25.2. The first-order chi connectivity index (χ1) is 10.0. The Bertz CT molecular complexity index is 685. The molecule has 21 heavy (non-hydrogen) atoms. The number of hydrogen-bond acceptors (Lipinski definition) is 6. The van der Waals surface area contributed by atoms with Crippen LogP contribution in [0, 0.1) is 0 Å². The van der Waals surface area contributed by atoms with Crippen LogP contribution in [0.4, 0.5) is 0 Å². The Labute approximate surface area is 133 Å². The predicted molar refractivity (Wildman–Crippen MR) is 81.9 cm³/mol. The van der Waals surface area contributed by atoms with Gasteiger partial charge in [-0.15, -0.1) is 23.1 Å². The van der Waals surface area contributed by atoms with Crippen molar-refractivity contribution in [2.24, 2.45) is 5.73 Å². The van der Waals surface area contributed by atoms with Gasteiger partial charge in [0.05, 0.1) is 10.4 Å². The maximum Gasteiger partial charge on any atom is 0.352 e. The lowest BCUT2D eigenvalue weighted by molar-refractivity contribution is -0.147. The van der Waals surface area contributed by atoms with Crippen molar-refractivity contribution in [2.45, 2.75) is 11.4 Å². The summed E-state index contributed by atoms with van der Waals surface area (Å²) in [5.74, 6) is -1.00. The van der Waals surface area contributed by atoms with Crippen molar-refractivity contribution in [1.29, 1.82) is 0 Å². The Morgan fingerprint density at radius 3 is 2.95 bits per heavy atom. The Morgan fingerprint density at radius 1 is 1.57 bits per heavy atom. The molecule has 3 rings (SSSR count). The van der Waals surface area contributed by atoms with Gasteiger partial charge in [-0.25, -0.2) is 9.78 Å². The molecule has 0 aliphatic carbocycles. The molecule has 6 nitrogen and oxygen atoms in total. The number of aromatic nitrogens is 1. The standard InChI is InChI=1S/C12H10ClN3O3S2/c13-9-6(21-4-15-9)2-1-5-3-20-11-7(14)10(17)16(11)8(5)12(18)19/h1-2,4,7,11H,3,14H2,(H,18,19)/t7?,11-/m0/s1. The van der Waals surface area contributed by atoms with Crippen LogP contribution in [0.15, 0.2) is 22.9 Å². The molecule has 0 bridgehead atoms. The van der Waals surface area contributed by atoms with Crippen LogP contribution in [0.5, 0.6) is 0 Å². The second-order valence-electron chi connectivity index (χ2n) is 4.46. The molecule has 3 heterocycles. The first-order valence-electron chi connectivity index (χ1n) is 5.94. The molecular weight excluding hydrogens is 334 g/mol. The first kappa shape index (κ1) is 14.6. The van der Waals surface area contributed by atoms with Crippen molar-refractivity contribution >= 4 is 52.7 Å². The number of allylic oxidation sites excluding steroid dienone is 1. The molecule has 0 radical (unpaired) electrons. The number of nitrogens with zero attached hydrogens (tertiary/aromatic N) is 2. The summed E-state index contributed by atoms with van der Waals surface area (Å²) in [4.78, 5) is 29.2. The topological polar surface area (TPSA) is 96.5 Å². The quantitative estimate of drug-likeness (QED) is 0.805. The van der Waals surface area contributed by atoms with Crippen LogP contribution in [0.25, 0.3) is 6.08 Å². The molecule has 2 aliphatic heterocycles. The van der Waals surface area contributed by atoms with Gasteiger partial charge < -0.3 is 10.8 Å². The predicted octanol–water partition coefficient (Wildman–Crippen LogP) is 1.39. The van der Waals surface area contributed by atoms with Gasteiger partial charge in [0.2, 0.25) is 5.91 Å². The Hall–Kier alpha value is -1.35. The van der Waals surface area contributed by atoms with Crippen molar-refractivity contribution in [3.63, 3.8) is 0 Å². The molecule has 0 saturated carbocycles. The molecule has 3 N–H and O–H groups in total. The highest BCUT2D eigenvalue weighted by atomic mass is 35.5. The molecule has 110 valence electrons. The summed E-state index contributed by atoms with van der Waals surface area (Å²) in [5.41, 5.74) is 7.86. The minimum absolute atomic E-state index is 0.00216. The number of thioether (sulfide) groups is 1. The Morgan fingerprint density at radius 2 is 2.33 bits per heavy atom. The van der Waals surface area contributed by atoms with Gasteiger partial charge in [0.25, 0.3) is 0 Å². The summed E-state index contributed by atoms with van der Waals surface area (Å²) in [5, 5.41) is 9.46. The minimum Gasteiger partial charge on any atom is -0.477 e. The van der Waals surface area contributed by atoms with E-state index in [2.05, 4.69) is 4.98 Å². The molecular formula is C12H10ClN3O3S2. The number of carbonyl (C=O) groups excluding carboxylic acids is 1. The van der Waals surface area contributed by atoms with Crippen molar-refractivity contribution in [2.75, 3.05) is 5.75 Å². The lowest BCUT2D eigenvalue weighted by atomic mass is 10.0. The third-order valence-electron chi connectivity index (χ3n) is 3.23. The number of hydrogen-bond donors (Lipinski definition) is 2. The zero-order valence-corrected chi connectivity index (χ0v) is 12.9. The summed E-state index contributed by atoms with van der Waals surface area (Å²) in [6.07, 6.45) is 3.38.